The molecule has 0 atom stereocenters. The Balaban J connectivity index is 2.74. The summed E-state index contributed by atoms with van der Waals surface area (Å²) in [4.78, 5) is 12.0. The molecule has 5 heteroatoms. The fraction of sp³-hybridized carbons (Fsp3) is 0.231. The summed E-state index contributed by atoms with van der Waals surface area (Å²) in [5, 5.41) is 6.90. The Morgan fingerprint density at radius 3 is 2.44 bits per heavy atom. The molecular weight excluding hydrogens is 250 g/mol. The lowest BCUT2D eigenvalue weighted by Gasteiger charge is -2.16. The van der Waals surface area contributed by atoms with Crippen LogP contribution in [0.2, 0.25) is 0 Å². The zero-order valence-corrected chi connectivity index (χ0v) is 10.9. The van der Waals surface area contributed by atoms with E-state index in [1.165, 1.54) is 18.2 Å². The summed E-state index contributed by atoms with van der Waals surface area (Å²) in [6.07, 6.45) is 2.86. The summed E-state index contributed by atoms with van der Waals surface area (Å²) in [7, 11) is -3.43. The summed E-state index contributed by atoms with van der Waals surface area (Å²) in [6, 6.07) is 4.59. The Labute approximate surface area is 106 Å². The van der Waals surface area contributed by atoms with Crippen molar-refractivity contribution in [2.24, 2.45) is 0 Å². The van der Waals surface area contributed by atoms with E-state index in [1.807, 2.05) is 0 Å². The molecule has 1 N–H and O–H groups in total. The molecule has 4 nitrogen and oxygen atoms in total. The number of carbonyl (C=O) groups excluding carboxylic acids is 1. The molecule has 1 aliphatic rings. The molecule has 18 heavy (non-hydrogen) atoms. The Morgan fingerprint density at radius 1 is 1.17 bits per heavy atom. The van der Waals surface area contributed by atoms with Crippen molar-refractivity contribution in [3.8, 4) is 0 Å². The van der Waals surface area contributed by atoms with Crippen molar-refractivity contribution in [1.82, 2.24) is 0 Å². The molecule has 94 valence electrons. The molecule has 2 rings (SSSR count). The van der Waals surface area contributed by atoms with E-state index in [1.54, 1.807) is 26.0 Å². The van der Waals surface area contributed by atoms with Gasteiger partial charge in [0.15, 0.2) is 9.84 Å². The maximum atomic E-state index is 12.2. The van der Waals surface area contributed by atoms with Crippen LogP contribution in [0.25, 0.3) is 6.08 Å². The number of allylic oxidation sites excluding steroid dienone is 1. The molecule has 0 aliphatic heterocycles. The summed E-state index contributed by atoms with van der Waals surface area (Å²) >= 11 is 0. The number of sulfone groups is 1. The van der Waals surface area contributed by atoms with Gasteiger partial charge in [-0.25, -0.2) is 8.42 Å². The van der Waals surface area contributed by atoms with Gasteiger partial charge in [0.25, 0.3) is 0 Å². The van der Waals surface area contributed by atoms with Crippen LogP contribution in [0.3, 0.4) is 0 Å². The van der Waals surface area contributed by atoms with E-state index >= 15 is 0 Å². The number of nitrogens with one attached hydrogen (secondary N) is 1. The molecule has 0 saturated carbocycles. The largest absolute Gasteiger partial charge is 0.297 e. The molecule has 0 radical (unpaired) electrons. The molecule has 0 unspecified atom stereocenters. The van der Waals surface area contributed by atoms with Gasteiger partial charge in [-0.05, 0) is 26.0 Å². The monoisotopic (exact) mass is 263 g/mol. The highest BCUT2D eigenvalue weighted by Crippen LogP contribution is 2.27. The number of Topliss-reactive ketones (excluding diaryl/α,β-unsaturated/α-hetero) is 1. The zero-order chi connectivity index (χ0) is 13.5. The Morgan fingerprint density at radius 2 is 1.83 bits per heavy atom. The highest BCUT2D eigenvalue weighted by molar-refractivity contribution is 7.92. The number of rotatable bonds is 2. The molecular formula is C13H13NO3S. The minimum absolute atomic E-state index is 0.124. The van der Waals surface area contributed by atoms with Crippen LogP contribution >= 0.6 is 0 Å². The van der Waals surface area contributed by atoms with Gasteiger partial charge in [-0.15, -0.1) is 0 Å². The first-order valence-corrected chi connectivity index (χ1v) is 7.08. The lowest BCUT2D eigenvalue weighted by Crippen LogP contribution is -2.20. The van der Waals surface area contributed by atoms with E-state index in [0.717, 1.165) is 0 Å². The first-order chi connectivity index (χ1) is 8.35. The second kappa shape index (κ2) is 4.17. The number of carbonyl (C=O) groups is 1. The second-order valence-electron chi connectivity index (χ2n) is 4.39. The van der Waals surface area contributed by atoms with E-state index in [0.29, 0.717) is 5.56 Å². The predicted octanol–water partition coefficient (Wildman–Crippen LogP) is 2.10. The molecule has 0 heterocycles. The highest BCUT2D eigenvalue weighted by atomic mass is 32.2. The lowest BCUT2D eigenvalue weighted by atomic mass is 9.95. The van der Waals surface area contributed by atoms with Crippen molar-refractivity contribution >= 4 is 27.4 Å². The van der Waals surface area contributed by atoms with Gasteiger partial charge >= 0.3 is 0 Å². The van der Waals surface area contributed by atoms with Crippen LogP contribution in [0.4, 0.5) is 0 Å². The fourth-order valence-corrected chi connectivity index (χ4v) is 3.06. The van der Waals surface area contributed by atoms with Gasteiger partial charge in [0.2, 0.25) is 5.78 Å². The molecule has 0 fully saturated rings. The molecule has 1 aliphatic carbocycles. The van der Waals surface area contributed by atoms with Gasteiger partial charge in [-0.3, -0.25) is 10.2 Å². The van der Waals surface area contributed by atoms with Crippen molar-refractivity contribution < 1.29 is 13.2 Å². The fourth-order valence-electron chi connectivity index (χ4n) is 1.80. The minimum atomic E-state index is -3.43. The number of benzene rings is 1. The second-order valence-corrected chi connectivity index (χ2v) is 6.86. The highest BCUT2D eigenvalue weighted by Gasteiger charge is 2.27. The van der Waals surface area contributed by atoms with E-state index in [9.17, 15) is 13.2 Å². The van der Waals surface area contributed by atoms with Crippen LogP contribution < -0.4 is 0 Å². The maximum absolute atomic E-state index is 12.2. The third kappa shape index (κ3) is 1.80. The predicted molar refractivity (Wildman–Crippen MR) is 69.9 cm³/mol. The molecule has 0 aromatic heterocycles. The molecule has 0 bridgehead atoms. The van der Waals surface area contributed by atoms with Crippen LogP contribution in [-0.4, -0.2) is 25.2 Å². The topological polar surface area (TPSA) is 75.1 Å². The van der Waals surface area contributed by atoms with Gasteiger partial charge < -0.3 is 0 Å². The number of hydrogen-bond donors (Lipinski definition) is 1. The lowest BCUT2D eigenvalue weighted by molar-refractivity contribution is 0.106. The summed E-state index contributed by atoms with van der Waals surface area (Å²) in [6.45, 7) is 3.20. The first kappa shape index (κ1) is 12.7. The molecule has 0 spiro atoms. The summed E-state index contributed by atoms with van der Waals surface area (Å²) in [5.74, 6) is -0.437. The summed E-state index contributed by atoms with van der Waals surface area (Å²) < 4.78 is 24.4. The minimum Gasteiger partial charge on any atom is -0.297 e. The Kier molecular flexibility index (Phi) is 2.94. The van der Waals surface area contributed by atoms with Crippen LogP contribution in [0.1, 0.15) is 29.8 Å². The molecule has 0 saturated heterocycles. The van der Waals surface area contributed by atoms with Gasteiger partial charge in [0.05, 0.1) is 10.1 Å². The average molecular weight is 263 g/mol. The number of fused-ring (bicyclic) bond motifs is 1. The van der Waals surface area contributed by atoms with Gasteiger partial charge in [0.1, 0.15) is 5.71 Å². The quantitative estimate of drug-likeness (QED) is 0.887. The van der Waals surface area contributed by atoms with E-state index < -0.39 is 20.9 Å². The van der Waals surface area contributed by atoms with Gasteiger partial charge in [-0.2, -0.15) is 0 Å². The normalized spacial score (nSPS) is 15.1. The van der Waals surface area contributed by atoms with Crippen LogP contribution in [0.5, 0.6) is 0 Å². The Hall–Kier alpha value is -1.75. The van der Waals surface area contributed by atoms with E-state index in [2.05, 4.69) is 0 Å². The maximum Gasteiger partial charge on any atom is 0.211 e. The van der Waals surface area contributed by atoms with Crippen LogP contribution in [-0.2, 0) is 9.84 Å². The van der Waals surface area contributed by atoms with E-state index in [-0.39, 0.29) is 16.2 Å². The summed E-state index contributed by atoms with van der Waals surface area (Å²) in [5.41, 5.74) is 0.554. The van der Waals surface area contributed by atoms with Crippen molar-refractivity contribution in [3.63, 3.8) is 0 Å². The molecule has 0 amide bonds. The van der Waals surface area contributed by atoms with Crippen LogP contribution in [0, 0.1) is 5.41 Å². The molecule has 1 aromatic carbocycles. The standard InChI is InChI=1S/C13H13NO3S/c1-8(2)18(16,17)12-5-3-4-10-9(12)6-7-11(14)13(10)15/h3-8,14H,1-2H3. The number of hydrogen-bond acceptors (Lipinski definition) is 4. The van der Waals surface area contributed by atoms with Crippen molar-refractivity contribution in [1.29, 1.82) is 5.41 Å². The third-order valence-corrected chi connectivity index (χ3v) is 5.11. The molecule has 1 aromatic rings. The zero-order valence-electron chi connectivity index (χ0n) is 10.1. The van der Waals surface area contributed by atoms with Crippen LogP contribution in [0.15, 0.2) is 29.2 Å². The average Bonchev–Trinajstić information content (AvgIpc) is 2.33. The SMILES string of the molecule is CC(C)S(=O)(=O)c1cccc2c1C=CC(=N)C2=O. The van der Waals surface area contributed by atoms with Gasteiger partial charge in [0, 0.05) is 11.1 Å². The van der Waals surface area contributed by atoms with E-state index in [4.69, 9.17) is 5.41 Å². The van der Waals surface area contributed by atoms with Crippen molar-refractivity contribution in [2.75, 3.05) is 0 Å². The van der Waals surface area contributed by atoms with Crippen molar-refractivity contribution in [3.05, 3.63) is 35.4 Å². The smallest absolute Gasteiger partial charge is 0.211 e. The third-order valence-electron chi connectivity index (χ3n) is 2.90. The first-order valence-electron chi connectivity index (χ1n) is 5.54. The Bertz CT molecular complexity index is 669. The number of ketones is 1. The van der Waals surface area contributed by atoms with Gasteiger partial charge in [-0.1, -0.05) is 18.2 Å². The van der Waals surface area contributed by atoms with Crippen molar-refractivity contribution in [2.45, 2.75) is 24.0 Å².